The smallest absolute Gasteiger partial charge is 0.161 e. The van der Waals surface area contributed by atoms with E-state index in [4.69, 9.17) is 0 Å². The Balaban J connectivity index is 1.78. The molecule has 0 bridgehead atoms. The molecule has 1 aromatic heterocycles. The molecule has 4 nitrogen and oxygen atoms in total. The van der Waals surface area contributed by atoms with Crippen LogP contribution in [0, 0.1) is 11.6 Å². The van der Waals surface area contributed by atoms with E-state index in [2.05, 4.69) is 20.6 Å². The van der Waals surface area contributed by atoms with Crippen molar-refractivity contribution in [2.45, 2.75) is 18.9 Å². The maximum atomic E-state index is 13.1. The summed E-state index contributed by atoms with van der Waals surface area (Å²) in [5, 5.41) is 6.52. The molecule has 2 aromatic rings. The fourth-order valence-corrected chi connectivity index (χ4v) is 2.25. The zero-order valence-corrected chi connectivity index (χ0v) is 10.3. The van der Waals surface area contributed by atoms with E-state index in [-0.39, 0.29) is 0 Å². The Hall–Kier alpha value is -1.82. The van der Waals surface area contributed by atoms with Gasteiger partial charge in [-0.3, -0.25) is 4.98 Å². The van der Waals surface area contributed by atoms with Gasteiger partial charge < -0.3 is 10.6 Å². The van der Waals surface area contributed by atoms with Crippen LogP contribution in [0.3, 0.4) is 0 Å². The van der Waals surface area contributed by atoms with Crippen molar-refractivity contribution < 1.29 is 8.78 Å². The minimum Gasteiger partial charge on any atom is -0.367 e. The van der Waals surface area contributed by atoms with Crippen LogP contribution < -0.4 is 10.6 Å². The van der Waals surface area contributed by atoms with Crippen LogP contribution in [0.5, 0.6) is 0 Å². The molecule has 2 heterocycles. The molecule has 100 valence electrons. The largest absolute Gasteiger partial charge is 0.367 e. The molecule has 1 atom stereocenters. The van der Waals surface area contributed by atoms with Gasteiger partial charge in [0.15, 0.2) is 11.6 Å². The van der Waals surface area contributed by atoms with E-state index in [9.17, 15) is 8.78 Å². The van der Waals surface area contributed by atoms with Crippen molar-refractivity contribution in [3.8, 4) is 0 Å². The van der Waals surface area contributed by atoms with Crippen LogP contribution in [0.2, 0.25) is 0 Å². The summed E-state index contributed by atoms with van der Waals surface area (Å²) in [4.78, 5) is 8.31. The quantitative estimate of drug-likeness (QED) is 0.891. The Morgan fingerprint density at radius 2 is 2.05 bits per heavy atom. The first-order valence-corrected chi connectivity index (χ1v) is 6.31. The third kappa shape index (κ3) is 2.63. The van der Waals surface area contributed by atoms with Gasteiger partial charge in [-0.05, 0) is 19.4 Å². The van der Waals surface area contributed by atoms with Gasteiger partial charge in [0.2, 0.25) is 0 Å². The summed E-state index contributed by atoms with van der Waals surface area (Å²) in [5.41, 5.74) is 0.701. The van der Waals surface area contributed by atoms with Gasteiger partial charge in [0.05, 0.1) is 17.2 Å². The summed E-state index contributed by atoms with van der Waals surface area (Å²) in [6.07, 6.45) is 3.85. The van der Waals surface area contributed by atoms with Gasteiger partial charge in [-0.2, -0.15) is 0 Å². The summed E-state index contributed by atoms with van der Waals surface area (Å²) in [7, 11) is 0. The molecule has 0 saturated carbocycles. The van der Waals surface area contributed by atoms with Crippen LogP contribution in [0.1, 0.15) is 12.8 Å². The van der Waals surface area contributed by atoms with Gasteiger partial charge in [-0.1, -0.05) is 0 Å². The number of hydrogen-bond donors (Lipinski definition) is 2. The lowest BCUT2D eigenvalue weighted by atomic mass is 10.2. The number of nitrogens with one attached hydrogen (secondary N) is 2. The van der Waals surface area contributed by atoms with E-state index in [1.165, 1.54) is 12.6 Å². The SMILES string of the molecule is Fc1cc2ncc(NC[C@H]3CCCN3)nc2cc1F. The molecule has 1 aliphatic heterocycles. The fourth-order valence-electron chi connectivity index (χ4n) is 2.25. The summed E-state index contributed by atoms with van der Waals surface area (Å²) in [5.74, 6) is -1.23. The second-order valence-corrected chi connectivity index (χ2v) is 4.68. The van der Waals surface area contributed by atoms with Crippen molar-refractivity contribution >= 4 is 16.9 Å². The highest BCUT2D eigenvalue weighted by Gasteiger charge is 2.13. The van der Waals surface area contributed by atoms with E-state index >= 15 is 0 Å². The third-order valence-electron chi connectivity index (χ3n) is 3.28. The number of aromatic nitrogens is 2. The fraction of sp³-hybridized carbons (Fsp3) is 0.385. The summed E-state index contributed by atoms with van der Waals surface area (Å²) >= 11 is 0. The second-order valence-electron chi connectivity index (χ2n) is 4.68. The molecule has 0 radical (unpaired) electrons. The van der Waals surface area contributed by atoms with E-state index in [0.29, 0.717) is 22.9 Å². The molecule has 1 saturated heterocycles. The second kappa shape index (κ2) is 5.05. The molecule has 3 rings (SSSR count). The number of anilines is 1. The van der Waals surface area contributed by atoms with Crippen molar-refractivity contribution in [3.05, 3.63) is 30.0 Å². The maximum Gasteiger partial charge on any atom is 0.161 e. The first-order valence-electron chi connectivity index (χ1n) is 6.31. The first-order chi connectivity index (χ1) is 9.22. The Kier molecular flexibility index (Phi) is 3.25. The lowest BCUT2D eigenvalue weighted by molar-refractivity contribution is 0.510. The summed E-state index contributed by atoms with van der Waals surface area (Å²) in [6, 6.07) is 2.55. The first kappa shape index (κ1) is 12.2. The van der Waals surface area contributed by atoms with Gasteiger partial charge in [-0.15, -0.1) is 0 Å². The number of benzene rings is 1. The van der Waals surface area contributed by atoms with Crippen molar-refractivity contribution in [2.24, 2.45) is 0 Å². The normalized spacial score (nSPS) is 18.9. The number of rotatable bonds is 3. The molecule has 1 aromatic carbocycles. The molecule has 0 unspecified atom stereocenters. The molecule has 1 fully saturated rings. The molecular weight excluding hydrogens is 250 g/mol. The van der Waals surface area contributed by atoms with Crippen molar-refractivity contribution in [1.82, 2.24) is 15.3 Å². The Morgan fingerprint density at radius 3 is 2.79 bits per heavy atom. The highest BCUT2D eigenvalue weighted by Crippen LogP contribution is 2.16. The van der Waals surface area contributed by atoms with Crippen LogP contribution >= 0.6 is 0 Å². The average molecular weight is 264 g/mol. The molecule has 0 amide bonds. The highest BCUT2D eigenvalue weighted by molar-refractivity contribution is 5.75. The van der Waals surface area contributed by atoms with Gasteiger partial charge in [0.1, 0.15) is 5.82 Å². The van der Waals surface area contributed by atoms with Gasteiger partial charge in [0.25, 0.3) is 0 Å². The van der Waals surface area contributed by atoms with E-state index in [1.54, 1.807) is 0 Å². The monoisotopic (exact) mass is 264 g/mol. The number of nitrogens with zero attached hydrogens (tertiary/aromatic N) is 2. The summed E-state index contributed by atoms with van der Waals surface area (Å²) < 4.78 is 26.2. The number of hydrogen-bond acceptors (Lipinski definition) is 4. The Labute approximate surface area is 109 Å². The molecule has 6 heteroatoms. The molecule has 19 heavy (non-hydrogen) atoms. The van der Waals surface area contributed by atoms with Gasteiger partial charge >= 0.3 is 0 Å². The van der Waals surface area contributed by atoms with Crippen LogP contribution in [0.4, 0.5) is 14.6 Å². The van der Waals surface area contributed by atoms with Crippen molar-refractivity contribution in [3.63, 3.8) is 0 Å². The number of fused-ring (bicyclic) bond motifs is 1. The zero-order chi connectivity index (χ0) is 13.2. The van der Waals surface area contributed by atoms with Crippen LogP contribution in [0.15, 0.2) is 18.3 Å². The van der Waals surface area contributed by atoms with E-state index in [1.807, 2.05) is 0 Å². The van der Waals surface area contributed by atoms with Gasteiger partial charge in [0, 0.05) is 24.7 Å². The predicted molar refractivity (Wildman–Crippen MR) is 69.0 cm³/mol. The van der Waals surface area contributed by atoms with Crippen molar-refractivity contribution in [2.75, 3.05) is 18.4 Å². The lowest BCUT2D eigenvalue weighted by Crippen LogP contribution is -2.29. The lowest BCUT2D eigenvalue weighted by Gasteiger charge is -2.12. The van der Waals surface area contributed by atoms with Crippen LogP contribution in [-0.4, -0.2) is 29.1 Å². The Morgan fingerprint density at radius 1 is 1.26 bits per heavy atom. The number of halogens is 2. The summed E-state index contributed by atoms with van der Waals surface area (Å²) in [6.45, 7) is 1.80. The topological polar surface area (TPSA) is 49.8 Å². The third-order valence-corrected chi connectivity index (χ3v) is 3.28. The maximum absolute atomic E-state index is 13.1. The van der Waals surface area contributed by atoms with Crippen molar-refractivity contribution in [1.29, 1.82) is 0 Å². The molecule has 0 aliphatic carbocycles. The predicted octanol–water partition coefficient (Wildman–Crippen LogP) is 2.07. The average Bonchev–Trinajstić information content (AvgIpc) is 2.91. The van der Waals surface area contributed by atoms with E-state index < -0.39 is 11.6 Å². The molecule has 1 aliphatic rings. The van der Waals surface area contributed by atoms with Crippen LogP contribution in [-0.2, 0) is 0 Å². The molecular formula is C13H14F2N4. The minimum atomic E-state index is -0.906. The zero-order valence-electron chi connectivity index (χ0n) is 10.3. The Bertz CT molecular complexity index is 596. The molecule has 0 spiro atoms. The van der Waals surface area contributed by atoms with Crippen LogP contribution in [0.25, 0.3) is 11.0 Å². The minimum absolute atomic E-state index is 0.350. The van der Waals surface area contributed by atoms with E-state index in [0.717, 1.165) is 31.6 Å². The molecule has 2 N–H and O–H groups in total. The van der Waals surface area contributed by atoms with Gasteiger partial charge in [-0.25, -0.2) is 13.8 Å². The highest BCUT2D eigenvalue weighted by atomic mass is 19.2. The standard InChI is InChI=1S/C13H14F2N4/c14-9-4-11-12(5-10(9)15)19-13(7-17-11)18-6-8-2-1-3-16-8/h4-5,7-8,16H,1-3,6H2,(H,18,19)/t8-/m1/s1.